The van der Waals surface area contributed by atoms with E-state index in [1.807, 2.05) is 6.92 Å². The number of aryl methyl sites for hydroxylation is 1. The van der Waals surface area contributed by atoms with Crippen LogP contribution in [0.2, 0.25) is 10.0 Å². The number of rotatable bonds is 4. The van der Waals surface area contributed by atoms with E-state index in [1.54, 1.807) is 42.5 Å². The van der Waals surface area contributed by atoms with Crippen LogP contribution >= 0.6 is 23.2 Å². The Kier molecular flexibility index (Phi) is 5.16. The molecule has 3 rings (SSSR count). The van der Waals surface area contributed by atoms with E-state index in [2.05, 4.69) is 15.5 Å². The summed E-state index contributed by atoms with van der Waals surface area (Å²) >= 11 is 12.0. The fourth-order valence-electron chi connectivity index (χ4n) is 2.08. The molecule has 2 aromatic heterocycles. The zero-order valence-electron chi connectivity index (χ0n) is 13.2. The molecule has 0 saturated heterocycles. The fourth-order valence-corrected chi connectivity index (χ4v) is 2.58. The molecule has 1 N–H and O–H groups in total. The zero-order valence-corrected chi connectivity index (χ0v) is 14.7. The number of benzene rings is 1. The Morgan fingerprint density at radius 1 is 1.20 bits per heavy atom. The lowest BCUT2D eigenvalue weighted by Crippen LogP contribution is -2.17. The van der Waals surface area contributed by atoms with Crippen LogP contribution in [-0.2, 0) is 0 Å². The second-order valence-electron chi connectivity index (χ2n) is 5.21. The second-order valence-corrected chi connectivity index (χ2v) is 6.06. The van der Waals surface area contributed by atoms with Crippen molar-refractivity contribution in [2.75, 3.05) is 0 Å². The minimum Gasteiger partial charge on any atom is -0.455 e. The number of pyridine rings is 1. The number of carbonyl (C=O) groups excluding carboxylic acids is 1. The van der Waals surface area contributed by atoms with Crippen LogP contribution in [-0.4, -0.2) is 17.1 Å². The first-order valence-electron chi connectivity index (χ1n) is 7.34. The number of amides is 1. The Balaban J connectivity index is 1.67. The maximum atomic E-state index is 11.9. The molecule has 2 heterocycles. The third-order valence-corrected chi connectivity index (χ3v) is 3.90. The Bertz CT molecular complexity index is 934. The summed E-state index contributed by atoms with van der Waals surface area (Å²) in [6, 6.07) is 12.1. The largest absolute Gasteiger partial charge is 0.455 e. The van der Waals surface area contributed by atoms with Crippen LogP contribution in [0.25, 0.3) is 11.3 Å². The van der Waals surface area contributed by atoms with Crippen molar-refractivity contribution in [3.63, 3.8) is 0 Å². The van der Waals surface area contributed by atoms with Gasteiger partial charge in [0.2, 0.25) is 0 Å². The van der Waals surface area contributed by atoms with Gasteiger partial charge < -0.3 is 4.42 Å². The Hall–Kier alpha value is -2.63. The molecule has 0 saturated carbocycles. The van der Waals surface area contributed by atoms with Crippen LogP contribution in [0.15, 0.2) is 58.2 Å². The van der Waals surface area contributed by atoms with Crippen molar-refractivity contribution in [3.8, 4) is 11.3 Å². The first-order valence-corrected chi connectivity index (χ1v) is 8.10. The van der Waals surface area contributed by atoms with Gasteiger partial charge in [-0.1, -0.05) is 23.2 Å². The molecule has 0 fully saturated rings. The van der Waals surface area contributed by atoms with Gasteiger partial charge in [-0.3, -0.25) is 9.78 Å². The Morgan fingerprint density at radius 3 is 2.76 bits per heavy atom. The number of hydrogen-bond acceptors (Lipinski definition) is 4. The first kappa shape index (κ1) is 17.2. The molecule has 5 nitrogen and oxygen atoms in total. The molecular formula is C18H13Cl2N3O2. The summed E-state index contributed by atoms with van der Waals surface area (Å²) in [5, 5.41) is 4.93. The highest BCUT2D eigenvalue weighted by Crippen LogP contribution is 2.31. The molecule has 0 atom stereocenters. The van der Waals surface area contributed by atoms with Crippen molar-refractivity contribution in [2.24, 2.45) is 5.10 Å². The number of furan rings is 1. The van der Waals surface area contributed by atoms with Crippen molar-refractivity contribution in [2.45, 2.75) is 6.92 Å². The lowest BCUT2D eigenvalue weighted by molar-refractivity contribution is 0.0954. The average molecular weight is 374 g/mol. The van der Waals surface area contributed by atoms with Crippen molar-refractivity contribution >= 4 is 35.3 Å². The summed E-state index contributed by atoms with van der Waals surface area (Å²) in [5.74, 6) is 0.705. The highest BCUT2D eigenvalue weighted by Gasteiger charge is 2.09. The molecule has 0 unspecified atom stereocenters. The van der Waals surface area contributed by atoms with Crippen molar-refractivity contribution in [3.05, 3.63) is 75.7 Å². The van der Waals surface area contributed by atoms with Gasteiger partial charge in [0.15, 0.2) is 0 Å². The van der Waals surface area contributed by atoms with Crippen LogP contribution in [0.3, 0.4) is 0 Å². The molecule has 7 heteroatoms. The summed E-state index contributed by atoms with van der Waals surface area (Å²) in [6.07, 6.45) is 2.90. The molecule has 0 aliphatic carbocycles. The number of nitrogens with one attached hydrogen (secondary N) is 1. The molecule has 1 amide bonds. The number of aromatic nitrogens is 1. The first-order chi connectivity index (χ1) is 12.0. The molecule has 0 radical (unpaired) electrons. The predicted octanol–water partition coefficient (Wildman–Crippen LogP) is 4.72. The van der Waals surface area contributed by atoms with Gasteiger partial charge in [-0.25, -0.2) is 5.43 Å². The number of halogens is 2. The van der Waals surface area contributed by atoms with E-state index in [0.717, 1.165) is 11.3 Å². The maximum absolute atomic E-state index is 11.9. The van der Waals surface area contributed by atoms with Gasteiger partial charge in [0, 0.05) is 22.5 Å². The molecule has 0 aliphatic rings. The topological polar surface area (TPSA) is 67.5 Å². The molecule has 1 aromatic carbocycles. The van der Waals surface area contributed by atoms with E-state index in [0.29, 0.717) is 27.1 Å². The smallest absolute Gasteiger partial charge is 0.272 e. The van der Waals surface area contributed by atoms with Gasteiger partial charge >= 0.3 is 0 Å². The van der Waals surface area contributed by atoms with E-state index in [4.69, 9.17) is 27.6 Å². The molecule has 25 heavy (non-hydrogen) atoms. The van der Waals surface area contributed by atoms with E-state index < -0.39 is 0 Å². The average Bonchev–Trinajstić information content (AvgIpc) is 3.04. The number of nitrogens with zero attached hydrogens (tertiary/aromatic N) is 2. The summed E-state index contributed by atoms with van der Waals surface area (Å²) in [6.45, 7) is 1.85. The van der Waals surface area contributed by atoms with E-state index in [-0.39, 0.29) is 5.91 Å². The van der Waals surface area contributed by atoms with Gasteiger partial charge in [-0.05, 0) is 49.4 Å². The second kappa shape index (κ2) is 7.51. The standard InChI is InChI=1S/C18H13Cl2N3O2/c1-11-2-3-12(9-21-11)18(24)23-22-10-14-5-7-17(25-14)15-6-4-13(19)8-16(15)20/h2-10H,1H3,(H,23,24)/b22-10-. The molecule has 0 spiro atoms. The predicted molar refractivity (Wildman–Crippen MR) is 98.2 cm³/mol. The lowest BCUT2D eigenvalue weighted by atomic mass is 10.2. The Morgan fingerprint density at radius 2 is 2.04 bits per heavy atom. The lowest BCUT2D eigenvalue weighted by Gasteiger charge is -2.01. The molecule has 0 bridgehead atoms. The van der Waals surface area contributed by atoms with Gasteiger partial charge in [0.25, 0.3) is 5.91 Å². The van der Waals surface area contributed by atoms with Gasteiger partial charge in [-0.15, -0.1) is 0 Å². The quantitative estimate of drug-likeness (QED) is 0.531. The normalized spacial score (nSPS) is 11.0. The monoisotopic (exact) mass is 373 g/mol. The molecule has 126 valence electrons. The van der Waals surface area contributed by atoms with Crippen LogP contribution in [0, 0.1) is 6.92 Å². The maximum Gasteiger partial charge on any atom is 0.272 e. The summed E-state index contributed by atoms with van der Waals surface area (Å²) in [4.78, 5) is 16.0. The molecule has 0 aliphatic heterocycles. The van der Waals surface area contributed by atoms with Crippen LogP contribution < -0.4 is 5.43 Å². The highest BCUT2D eigenvalue weighted by molar-refractivity contribution is 6.36. The van der Waals surface area contributed by atoms with Gasteiger partial charge in [0.1, 0.15) is 11.5 Å². The SMILES string of the molecule is Cc1ccc(C(=O)N/N=C\c2ccc(-c3ccc(Cl)cc3Cl)o2)cn1. The van der Waals surface area contributed by atoms with Gasteiger partial charge in [0.05, 0.1) is 16.8 Å². The van der Waals surface area contributed by atoms with Crippen LogP contribution in [0.4, 0.5) is 0 Å². The summed E-state index contributed by atoms with van der Waals surface area (Å²) < 4.78 is 5.65. The minimum absolute atomic E-state index is 0.351. The minimum atomic E-state index is -0.351. The fraction of sp³-hybridized carbons (Fsp3) is 0.0556. The number of carbonyl (C=O) groups is 1. The van der Waals surface area contributed by atoms with E-state index >= 15 is 0 Å². The van der Waals surface area contributed by atoms with Crippen molar-refractivity contribution in [1.82, 2.24) is 10.4 Å². The highest BCUT2D eigenvalue weighted by atomic mass is 35.5. The summed E-state index contributed by atoms with van der Waals surface area (Å²) in [5.41, 5.74) is 4.41. The van der Waals surface area contributed by atoms with Crippen LogP contribution in [0.5, 0.6) is 0 Å². The molecule has 3 aromatic rings. The van der Waals surface area contributed by atoms with Crippen LogP contribution in [0.1, 0.15) is 21.8 Å². The zero-order chi connectivity index (χ0) is 17.8. The third-order valence-electron chi connectivity index (χ3n) is 3.35. The van der Waals surface area contributed by atoms with Crippen molar-refractivity contribution < 1.29 is 9.21 Å². The van der Waals surface area contributed by atoms with E-state index in [1.165, 1.54) is 12.4 Å². The number of hydrogen-bond donors (Lipinski definition) is 1. The van der Waals surface area contributed by atoms with E-state index in [9.17, 15) is 4.79 Å². The number of hydrazone groups is 1. The molecular weight excluding hydrogens is 361 g/mol. The Labute approximate surface area is 154 Å². The summed E-state index contributed by atoms with van der Waals surface area (Å²) in [7, 11) is 0. The van der Waals surface area contributed by atoms with Crippen molar-refractivity contribution in [1.29, 1.82) is 0 Å². The third kappa shape index (κ3) is 4.26. The van der Waals surface area contributed by atoms with Gasteiger partial charge in [-0.2, -0.15) is 5.10 Å².